The number of ketones is 1. The Hall–Kier alpha value is -2.40. The van der Waals surface area contributed by atoms with Crippen LogP contribution in [0.25, 0.3) is 0 Å². The summed E-state index contributed by atoms with van der Waals surface area (Å²) in [6.45, 7) is 3.63. The van der Waals surface area contributed by atoms with Crippen LogP contribution in [0.15, 0.2) is 48.1 Å². The Morgan fingerprint density at radius 2 is 1.80 bits per heavy atom. The lowest BCUT2D eigenvalue weighted by molar-refractivity contribution is -0.124. The molecule has 1 atom stereocenters. The van der Waals surface area contributed by atoms with E-state index in [0.717, 1.165) is 11.3 Å². The first-order valence-electron chi connectivity index (χ1n) is 8.71. The molecule has 1 amide bonds. The van der Waals surface area contributed by atoms with Crippen molar-refractivity contribution in [2.24, 2.45) is 5.92 Å². The van der Waals surface area contributed by atoms with Gasteiger partial charge in [-0.1, -0.05) is 37.5 Å². The van der Waals surface area contributed by atoms with Crippen molar-refractivity contribution < 1.29 is 14.8 Å². The summed E-state index contributed by atoms with van der Waals surface area (Å²) in [7, 11) is 0. The normalized spacial score (nSPS) is 16.8. The minimum absolute atomic E-state index is 0.0341. The lowest BCUT2D eigenvalue weighted by atomic mass is 9.97. The number of allylic oxidation sites excluding steroid dienone is 3. The predicted octanol–water partition coefficient (Wildman–Crippen LogP) is 3.87. The molecule has 5 nitrogen and oxygen atoms in total. The topological polar surface area (TPSA) is 78.4 Å². The number of carbonyl (C=O) groups is 2. The van der Waals surface area contributed by atoms with Gasteiger partial charge < -0.3 is 5.32 Å². The highest BCUT2D eigenvalue weighted by Gasteiger charge is 2.16. The quantitative estimate of drug-likeness (QED) is 0.231. The molecule has 1 aliphatic carbocycles. The van der Waals surface area contributed by atoms with Gasteiger partial charge in [0.05, 0.1) is 0 Å². The van der Waals surface area contributed by atoms with Crippen molar-refractivity contribution in [1.82, 2.24) is 5.48 Å². The first kappa shape index (κ1) is 18.9. The van der Waals surface area contributed by atoms with Gasteiger partial charge in [0, 0.05) is 29.3 Å². The number of benzene rings is 1. The molecule has 1 saturated carbocycles. The second-order valence-corrected chi connectivity index (χ2v) is 6.58. The third-order valence-corrected chi connectivity index (χ3v) is 4.43. The van der Waals surface area contributed by atoms with Gasteiger partial charge in [0.25, 0.3) is 5.91 Å². The lowest BCUT2D eigenvalue weighted by Gasteiger charge is -2.14. The van der Waals surface area contributed by atoms with Crippen molar-refractivity contribution >= 4 is 17.4 Å². The molecule has 1 aromatic carbocycles. The molecular formula is C20H26N2O3. The summed E-state index contributed by atoms with van der Waals surface area (Å²) in [6.07, 6.45) is 9.57. The van der Waals surface area contributed by atoms with Crippen LogP contribution in [0.3, 0.4) is 0 Å². The maximum atomic E-state index is 12.5. The first-order chi connectivity index (χ1) is 12.0. The van der Waals surface area contributed by atoms with Gasteiger partial charge in [0.2, 0.25) is 0 Å². The standard InChI is InChI=1S/C20H26N2O3/c1-14(7-12-19(23)22-25)13-15(2)20(24)16-8-10-18(11-9-16)21-17-5-3-4-6-17/h7-13,15,17,21,25H,3-6H2,1-2H3,(H,22,23)/t15-/m1/s1. The number of hydrogen-bond acceptors (Lipinski definition) is 4. The van der Waals surface area contributed by atoms with Crippen LogP contribution in [0, 0.1) is 5.92 Å². The summed E-state index contributed by atoms with van der Waals surface area (Å²) in [5.74, 6) is -0.862. The van der Waals surface area contributed by atoms with Crippen molar-refractivity contribution in [2.45, 2.75) is 45.6 Å². The maximum Gasteiger partial charge on any atom is 0.267 e. The van der Waals surface area contributed by atoms with E-state index in [1.165, 1.54) is 37.2 Å². The molecule has 0 aromatic heterocycles. The van der Waals surface area contributed by atoms with Gasteiger partial charge in [-0.25, -0.2) is 5.48 Å². The molecule has 1 aromatic rings. The van der Waals surface area contributed by atoms with E-state index < -0.39 is 5.91 Å². The Kier molecular flexibility index (Phi) is 6.95. The molecule has 3 N–H and O–H groups in total. The number of hydroxylamine groups is 1. The van der Waals surface area contributed by atoms with Crippen LogP contribution < -0.4 is 10.8 Å². The third-order valence-electron chi connectivity index (χ3n) is 4.43. The van der Waals surface area contributed by atoms with Gasteiger partial charge in [0.1, 0.15) is 0 Å². The molecule has 0 aliphatic heterocycles. The molecule has 5 heteroatoms. The fourth-order valence-corrected chi connectivity index (χ4v) is 3.07. The van der Waals surface area contributed by atoms with Crippen LogP contribution >= 0.6 is 0 Å². The van der Waals surface area contributed by atoms with Crippen molar-refractivity contribution in [3.63, 3.8) is 0 Å². The van der Waals surface area contributed by atoms with E-state index in [2.05, 4.69) is 5.32 Å². The minimum atomic E-state index is -0.600. The van der Waals surface area contributed by atoms with E-state index in [1.54, 1.807) is 19.1 Å². The van der Waals surface area contributed by atoms with E-state index >= 15 is 0 Å². The third kappa shape index (κ3) is 5.87. The fourth-order valence-electron chi connectivity index (χ4n) is 3.07. The van der Waals surface area contributed by atoms with E-state index in [9.17, 15) is 9.59 Å². The Balaban J connectivity index is 1.96. The molecule has 0 spiro atoms. The summed E-state index contributed by atoms with van der Waals surface area (Å²) in [6, 6.07) is 8.18. The average molecular weight is 342 g/mol. The first-order valence-corrected chi connectivity index (χ1v) is 8.71. The fraction of sp³-hybridized carbons (Fsp3) is 0.400. The molecule has 0 radical (unpaired) electrons. The highest BCUT2D eigenvalue weighted by molar-refractivity contribution is 5.99. The predicted molar refractivity (Wildman–Crippen MR) is 98.6 cm³/mol. The van der Waals surface area contributed by atoms with Crippen LogP contribution in [0.1, 0.15) is 49.9 Å². The zero-order chi connectivity index (χ0) is 18.2. The molecular weight excluding hydrogens is 316 g/mol. The number of amides is 1. The largest absolute Gasteiger partial charge is 0.382 e. The van der Waals surface area contributed by atoms with E-state index in [-0.39, 0.29) is 11.7 Å². The summed E-state index contributed by atoms with van der Waals surface area (Å²) in [5, 5.41) is 12.0. The summed E-state index contributed by atoms with van der Waals surface area (Å²) < 4.78 is 0. The molecule has 25 heavy (non-hydrogen) atoms. The van der Waals surface area contributed by atoms with Crippen LogP contribution in [0.4, 0.5) is 5.69 Å². The highest BCUT2D eigenvalue weighted by atomic mass is 16.5. The second-order valence-electron chi connectivity index (χ2n) is 6.58. The average Bonchev–Trinajstić information content (AvgIpc) is 3.12. The van der Waals surface area contributed by atoms with Crippen LogP contribution in [0.2, 0.25) is 0 Å². The van der Waals surface area contributed by atoms with Crippen LogP contribution in [-0.2, 0) is 4.79 Å². The van der Waals surface area contributed by atoms with Gasteiger partial charge in [-0.05, 0) is 44.0 Å². The Labute approximate surface area is 148 Å². The Bertz CT molecular complexity index is 656. The zero-order valence-electron chi connectivity index (χ0n) is 14.8. The number of nitrogens with one attached hydrogen (secondary N) is 2. The van der Waals surface area contributed by atoms with Gasteiger partial charge in [0.15, 0.2) is 5.78 Å². The van der Waals surface area contributed by atoms with Gasteiger partial charge in [-0.2, -0.15) is 0 Å². The number of carbonyl (C=O) groups excluding carboxylic acids is 2. The van der Waals surface area contributed by atoms with Crippen molar-refractivity contribution in [3.05, 3.63) is 53.6 Å². The monoisotopic (exact) mass is 342 g/mol. The number of rotatable bonds is 7. The summed E-state index contributed by atoms with van der Waals surface area (Å²) in [5.41, 5.74) is 4.04. The molecule has 0 unspecified atom stereocenters. The molecule has 2 rings (SSSR count). The molecule has 1 fully saturated rings. The highest BCUT2D eigenvalue weighted by Crippen LogP contribution is 2.23. The molecule has 0 heterocycles. The number of anilines is 1. The Morgan fingerprint density at radius 3 is 2.40 bits per heavy atom. The van der Waals surface area contributed by atoms with Gasteiger partial charge in [-0.15, -0.1) is 0 Å². The smallest absolute Gasteiger partial charge is 0.267 e. The van der Waals surface area contributed by atoms with E-state index in [0.29, 0.717) is 11.6 Å². The Morgan fingerprint density at radius 1 is 1.16 bits per heavy atom. The van der Waals surface area contributed by atoms with Crippen molar-refractivity contribution in [1.29, 1.82) is 0 Å². The maximum absolute atomic E-state index is 12.5. The minimum Gasteiger partial charge on any atom is -0.382 e. The lowest BCUT2D eigenvalue weighted by Crippen LogP contribution is -2.15. The molecule has 1 aliphatic rings. The molecule has 134 valence electrons. The van der Waals surface area contributed by atoms with Crippen molar-refractivity contribution in [2.75, 3.05) is 5.32 Å². The van der Waals surface area contributed by atoms with E-state index in [4.69, 9.17) is 5.21 Å². The molecule has 0 bridgehead atoms. The van der Waals surface area contributed by atoms with Gasteiger partial charge in [-0.3, -0.25) is 14.8 Å². The zero-order valence-corrected chi connectivity index (χ0v) is 14.8. The van der Waals surface area contributed by atoms with E-state index in [1.807, 2.05) is 31.2 Å². The molecule has 0 saturated heterocycles. The van der Waals surface area contributed by atoms with Crippen LogP contribution in [0.5, 0.6) is 0 Å². The number of Topliss-reactive ketones (excluding diaryl/α,β-unsaturated/α-hetero) is 1. The van der Waals surface area contributed by atoms with Crippen LogP contribution in [-0.4, -0.2) is 22.9 Å². The summed E-state index contributed by atoms with van der Waals surface area (Å²) in [4.78, 5) is 23.5. The number of hydrogen-bond donors (Lipinski definition) is 3. The summed E-state index contributed by atoms with van der Waals surface area (Å²) >= 11 is 0. The SMILES string of the molecule is CC(C=CC(=O)NO)=C[C@@H](C)C(=O)c1ccc(NC2CCCC2)cc1. The second kappa shape index (κ2) is 9.18. The van der Waals surface area contributed by atoms with Crippen molar-refractivity contribution in [3.8, 4) is 0 Å². The van der Waals surface area contributed by atoms with Gasteiger partial charge >= 0.3 is 0 Å².